The second-order valence-corrected chi connectivity index (χ2v) is 7.15. The molecule has 31 heavy (non-hydrogen) atoms. The van der Waals surface area contributed by atoms with E-state index < -0.39 is 17.6 Å². The summed E-state index contributed by atoms with van der Waals surface area (Å²) in [5.41, 5.74) is -0.521. The Balaban J connectivity index is 1.57. The summed E-state index contributed by atoms with van der Waals surface area (Å²) in [5, 5.41) is 0. The van der Waals surface area contributed by atoms with E-state index in [1.165, 1.54) is 27.7 Å². The SMILES string of the molecule is CCn1c(=O)c(N2CCN(C(=O)c3ccccc3C(F)(F)F)CC2)nc2cccnc21. The van der Waals surface area contributed by atoms with Gasteiger partial charge in [0.05, 0.1) is 11.1 Å². The molecule has 2 aromatic heterocycles. The number of pyridine rings is 1. The van der Waals surface area contributed by atoms with Gasteiger partial charge in [-0.2, -0.15) is 13.2 Å². The zero-order valence-corrected chi connectivity index (χ0v) is 16.8. The highest BCUT2D eigenvalue weighted by Gasteiger charge is 2.36. The van der Waals surface area contributed by atoms with Gasteiger partial charge in [0.2, 0.25) is 0 Å². The fourth-order valence-electron chi connectivity index (χ4n) is 3.77. The van der Waals surface area contributed by atoms with Crippen LogP contribution in [0.25, 0.3) is 11.2 Å². The second-order valence-electron chi connectivity index (χ2n) is 7.15. The number of amides is 1. The van der Waals surface area contributed by atoms with Gasteiger partial charge in [-0.25, -0.2) is 9.97 Å². The third-order valence-electron chi connectivity index (χ3n) is 5.33. The molecule has 0 bridgehead atoms. The first-order valence-corrected chi connectivity index (χ1v) is 9.87. The van der Waals surface area contributed by atoms with Crippen LogP contribution in [0.3, 0.4) is 0 Å². The molecule has 10 heteroatoms. The van der Waals surface area contributed by atoms with Gasteiger partial charge in [0, 0.05) is 38.9 Å². The molecule has 0 saturated carbocycles. The van der Waals surface area contributed by atoms with Crippen molar-refractivity contribution >= 4 is 22.9 Å². The zero-order chi connectivity index (χ0) is 22.2. The fraction of sp³-hybridized carbons (Fsp3) is 0.333. The number of carbonyl (C=O) groups excluding carboxylic acids is 1. The van der Waals surface area contributed by atoms with Crippen molar-refractivity contribution < 1.29 is 18.0 Å². The molecule has 162 valence electrons. The lowest BCUT2D eigenvalue weighted by Gasteiger charge is -2.35. The van der Waals surface area contributed by atoms with Gasteiger partial charge in [-0.15, -0.1) is 0 Å². The van der Waals surface area contributed by atoms with E-state index in [2.05, 4.69) is 9.97 Å². The van der Waals surface area contributed by atoms with Gasteiger partial charge < -0.3 is 9.80 Å². The highest BCUT2D eigenvalue weighted by molar-refractivity contribution is 5.96. The first kappa shape index (κ1) is 20.8. The first-order chi connectivity index (χ1) is 14.8. The van der Waals surface area contributed by atoms with E-state index in [-0.39, 0.29) is 43.1 Å². The summed E-state index contributed by atoms with van der Waals surface area (Å²) < 4.78 is 41.4. The van der Waals surface area contributed by atoms with Gasteiger partial charge in [0.1, 0.15) is 5.52 Å². The van der Waals surface area contributed by atoms with Crippen LogP contribution in [0.5, 0.6) is 0 Å². The maximum Gasteiger partial charge on any atom is 0.417 e. The highest BCUT2D eigenvalue weighted by atomic mass is 19.4. The molecule has 1 aromatic carbocycles. The minimum absolute atomic E-state index is 0.184. The second kappa shape index (κ2) is 8.01. The molecule has 1 fully saturated rings. The first-order valence-electron chi connectivity index (χ1n) is 9.87. The van der Waals surface area contributed by atoms with Crippen LogP contribution in [0.4, 0.5) is 19.0 Å². The molecule has 0 N–H and O–H groups in total. The molecule has 1 amide bonds. The van der Waals surface area contributed by atoms with E-state index in [1.807, 2.05) is 6.92 Å². The Morgan fingerprint density at radius 1 is 1.06 bits per heavy atom. The molecule has 1 aliphatic heterocycles. The van der Waals surface area contributed by atoms with Gasteiger partial charge in [-0.1, -0.05) is 12.1 Å². The highest BCUT2D eigenvalue weighted by Crippen LogP contribution is 2.32. The van der Waals surface area contributed by atoms with Gasteiger partial charge in [0.15, 0.2) is 11.5 Å². The van der Waals surface area contributed by atoms with Crippen molar-refractivity contribution in [2.75, 3.05) is 31.1 Å². The van der Waals surface area contributed by atoms with Crippen molar-refractivity contribution in [2.45, 2.75) is 19.6 Å². The van der Waals surface area contributed by atoms with Crippen LogP contribution in [0, 0.1) is 0 Å². The number of halogens is 3. The van der Waals surface area contributed by atoms with Gasteiger partial charge in [0.25, 0.3) is 11.5 Å². The Morgan fingerprint density at radius 2 is 1.77 bits per heavy atom. The lowest BCUT2D eigenvalue weighted by molar-refractivity contribution is -0.138. The summed E-state index contributed by atoms with van der Waals surface area (Å²) in [6.45, 7) is 3.21. The van der Waals surface area contributed by atoms with E-state index in [0.29, 0.717) is 17.7 Å². The number of piperazine rings is 1. The predicted molar refractivity (Wildman–Crippen MR) is 109 cm³/mol. The molecule has 3 aromatic rings. The van der Waals surface area contributed by atoms with Crippen LogP contribution in [-0.4, -0.2) is 51.5 Å². The molecule has 1 saturated heterocycles. The maximum atomic E-state index is 13.3. The largest absolute Gasteiger partial charge is 0.417 e. The lowest BCUT2D eigenvalue weighted by atomic mass is 10.1. The van der Waals surface area contributed by atoms with E-state index in [1.54, 1.807) is 23.2 Å². The number of benzene rings is 1. The van der Waals surface area contributed by atoms with E-state index in [0.717, 1.165) is 6.07 Å². The minimum Gasteiger partial charge on any atom is -0.348 e. The Labute approximate surface area is 175 Å². The van der Waals surface area contributed by atoms with Crippen LogP contribution in [-0.2, 0) is 12.7 Å². The molecule has 0 unspecified atom stereocenters. The molecule has 1 aliphatic rings. The third-order valence-corrected chi connectivity index (χ3v) is 5.33. The summed E-state index contributed by atoms with van der Waals surface area (Å²) >= 11 is 0. The number of hydrogen-bond acceptors (Lipinski definition) is 5. The predicted octanol–water partition coefficient (Wildman–Crippen LogP) is 2.79. The van der Waals surface area contributed by atoms with Crippen molar-refractivity contribution in [3.63, 3.8) is 0 Å². The summed E-state index contributed by atoms with van der Waals surface area (Å²) in [6, 6.07) is 8.28. The number of anilines is 1. The van der Waals surface area contributed by atoms with Crippen molar-refractivity contribution in [3.05, 3.63) is 64.1 Å². The molecular formula is C21H20F3N5O2. The normalized spacial score (nSPS) is 14.8. The van der Waals surface area contributed by atoms with Crippen LogP contribution in [0.1, 0.15) is 22.8 Å². The van der Waals surface area contributed by atoms with E-state index in [9.17, 15) is 22.8 Å². The molecule has 3 heterocycles. The number of aromatic nitrogens is 3. The minimum atomic E-state index is -4.61. The summed E-state index contributed by atoms with van der Waals surface area (Å²) in [5.74, 6) is -0.417. The summed E-state index contributed by atoms with van der Waals surface area (Å²) in [4.78, 5) is 37.5. The molecule has 7 nitrogen and oxygen atoms in total. The zero-order valence-electron chi connectivity index (χ0n) is 16.8. The molecular weight excluding hydrogens is 411 g/mol. The lowest BCUT2D eigenvalue weighted by Crippen LogP contribution is -2.50. The number of fused-ring (bicyclic) bond motifs is 1. The molecule has 0 atom stereocenters. The average Bonchev–Trinajstić information content (AvgIpc) is 2.78. The maximum absolute atomic E-state index is 13.3. The third kappa shape index (κ3) is 3.85. The molecule has 0 radical (unpaired) electrons. The quantitative estimate of drug-likeness (QED) is 0.638. The van der Waals surface area contributed by atoms with Crippen molar-refractivity contribution in [1.29, 1.82) is 0 Å². The topological polar surface area (TPSA) is 71.3 Å². The van der Waals surface area contributed by atoms with E-state index in [4.69, 9.17) is 0 Å². The Hall–Kier alpha value is -3.43. The number of alkyl halides is 3. The Kier molecular flexibility index (Phi) is 5.38. The molecule has 0 spiro atoms. The van der Waals surface area contributed by atoms with Crippen LogP contribution < -0.4 is 10.5 Å². The fourth-order valence-corrected chi connectivity index (χ4v) is 3.77. The van der Waals surface area contributed by atoms with E-state index >= 15 is 0 Å². The monoisotopic (exact) mass is 431 g/mol. The number of nitrogens with zero attached hydrogens (tertiary/aromatic N) is 5. The van der Waals surface area contributed by atoms with Crippen molar-refractivity contribution in [3.8, 4) is 0 Å². The van der Waals surface area contributed by atoms with Crippen molar-refractivity contribution in [1.82, 2.24) is 19.4 Å². The number of carbonyl (C=O) groups is 1. The number of aryl methyl sites for hydroxylation is 1. The Bertz CT molecular complexity index is 1180. The summed E-state index contributed by atoms with van der Waals surface area (Å²) in [7, 11) is 0. The number of hydrogen-bond donors (Lipinski definition) is 0. The van der Waals surface area contributed by atoms with Gasteiger partial charge in [-0.3, -0.25) is 14.2 Å². The number of rotatable bonds is 3. The Morgan fingerprint density at radius 3 is 2.45 bits per heavy atom. The standard InChI is InChI=1S/C21H20F3N5O2/c1-2-29-17-16(8-5-9-25-17)26-18(20(29)31)27-10-12-28(13-11-27)19(30)14-6-3-4-7-15(14)21(22,23)24/h3-9H,2,10-13H2,1H3. The molecule has 4 rings (SSSR count). The van der Waals surface area contributed by atoms with Gasteiger partial charge >= 0.3 is 6.18 Å². The van der Waals surface area contributed by atoms with Crippen LogP contribution in [0.15, 0.2) is 47.4 Å². The molecule has 0 aliphatic carbocycles. The summed E-state index contributed by atoms with van der Waals surface area (Å²) in [6.07, 6.45) is -3.01. The van der Waals surface area contributed by atoms with Crippen molar-refractivity contribution in [2.24, 2.45) is 0 Å². The van der Waals surface area contributed by atoms with Gasteiger partial charge in [-0.05, 0) is 31.2 Å². The average molecular weight is 431 g/mol. The smallest absolute Gasteiger partial charge is 0.348 e. The van der Waals surface area contributed by atoms with Crippen LogP contribution in [0.2, 0.25) is 0 Å². The van der Waals surface area contributed by atoms with Crippen LogP contribution >= 0.6 is 0 Å².